The summed E-state index contributed by atoms with van der Waals surface area (Å²) in [6.07, 6.45) is 4.40. The highest BCUT2D eigenvalue weighted by atomic mass is 32.2. The van der Waals surface area contributed by atoms with E-state index >= 15 is 0 Å². The summed E-state index contributed by atoms with van der Waals surface area (Å²) in [4.78, 5) is 3.21. The zero-order chi connectivity index (χ0) is 10.6. The van der Waals surface area contributed by atoms with Crippen LogP contribution in [0, 0.1) is 5.41 Å². The molecule has 0 bridgehead atoms. The van der Waals surface area contributed by atoms with Gasteiger partial charge >= 0.3 is 0 Å². The SMILES string of the molecule is CSCCN1CCC(C)(C(N)=S)CC1. The van der Waals surface area contributed by atoms with Gasteiger partial charge in [0.15, 0.2) is 0 Å². The molecule has 0 saturated carbocycles. The molecule has 1 heterocycles. The quantitative estimate of drug-likeness (QED) is 0.748. The van der Waals surface area contributed by atoms with Crippen molar-refractivity contribution in [2.45, 2.75) is 19.8 Å². The lowest BCUT2D eigenvalue weighted by Gasteiger charge is -2.38. The van der Waals surface area contributed by atoms with Crippen molar-refractivity contribution < 1.29 is 0 Å². The minimum absolute atomic E-state index is 0.116. The molecule has 1 saturated heterocycles. The molecule has 0 atom stereocenters. The highest BCUT2D eigenvalue weighted by molar-refractivity contribution is 7.98. The van der Waals surface area contributed by atoms with Crippen LogP contribution in [0.4, 0.5) is 0 Å². The van der Waals surface area contributed by atoms with Crippen molar-refractivity contribution in [3.63, 3.8) is 0 Å². The lowest BCUT2D eigenvalue weighted by atomic mass is 9.80. The maximum atomic E-state index is 5.76. The third-order valence-electron chi connectivity index (χ3n) is 3.17. The average molecular weight is 232 g/mol. The summed E-state index contributed by atoms with van der Waals surface area (Å²) in [5, 5.41) is 0. The first-order chi connectivity index (χ1) is 6.58. The number of thioether (sulfide) groups is 1. The van der Waals surface area contributed by atoms with Gasteiger partial charge in [0.05, 0.1) is 4.99 Å². The summed E-state index contributed by atoms with van der Waals surface area (Å²) in [5.41, 5.74) is 5.87. The summed E-state index contributed by atoms with van der Waals surface area (Å²) in [5.74, 6) is 1.23. The second-order valence-electron chi connectivity index (χ2n) is 4.26. The van der Waals surface area contributed by atoms with E-state index in [1.165, 1.54) is 12.3 Å². The van der Waals surface area contributed by atoms with Gasteiger partial charge < -0.3 is 10.6 Å². The van der Waals surface area contributed by atoms with Gasteiger partial charge in [0.1, 0.15) is 0 Å². The standard InChI is InChI=1S/C10H20N2S2/c1-10(9(11)13)3-5-12(6-4-10)7-8-14-2/h3-8H2,1-2H3,(H2,11,13). The Kier molecular flexibility index (Phi) is 4.67. The van der Waals surface area contributed by atoms with E-state index in [1.54, 1.807) is 0 Å². The van der Waals surface area contributed by atoms with E-state index in [1.807, 2.05) is 11.8 Å². The molecule has 1 rings (SSSR count). The van der Waals surface area contributed by atoms with Crippen molar-refractivity contribution in [1.29, 1.82) is 0 Å². The molecule has 0 aromatic rings. The Hall–Kier alpha value is 0.200. The van der Waals surface area contributed by atoms with E-state index in [-0.39, 0.29) is 5.41 Å². The van der Waals surface area contributed by atoms with Gasteiger partial charge in [0.2, 0.25) is 0 Å². The lowest BCUT2D eigenvalue weighted by molar-refractivity contribution is 0.173. The van der Waals surface area contributed by atoms with E-state index in [4.69, 9.17) is 18.0 Å². The predicted molar refractivity (Wildman–Crippen MR) is 68.9 cm³/mol. The van der Waals surface area contributed by atoms with Crippen LogP contribution in [-0.4, -0.2) is 41.5 Å². The van der Waals surface area contributed by atoms with Crippen molar-refractivity contribution in [2.24, 2.45) is 11.1 Å². The first-order valence-electron chi connectivity index (χ1n) is 5.10. The molecule has 4 heteroatoms. The largest absolute Gasteiger partial charge is 0.393 e. The maximum Gasteiger partial charge on any atom is 0.0788 e. The van der Waals surface area contributed by atoms with Crippen molar-refractivity contribution in [2.75, 3.05) is 31.6 Å². The van der Waals surface area contributed by atoms with Crippen LogP contribution >= 0.6 is 24.0 Å². The Labute approximate surface area is 96.6 Å². The Morgan fingerprint density at radius 1 is 1.50 bits per heavy atom. The third-order valence-corrected chi connectivity index (χ3v) is 4.25. The minimum atomic E-state index is 0.116. The highest BCUT2D eigenvalue weighted by Crippen LogP contribution is 2.30. The second-order valence-corrected chi connectivity index (χ2v) is 5.68. The molecule has 0 aromatic carbocycles. The van der Waals surface area contributed by atoms with Crippen LogP contribution in [0.2, 0.25) is 0 Å². The van der Waals surface area contributed by atoms with E-state index in [2.05, 4.69) is 18.1 Å². The van der Waals surface area contributed by atoms with Crippen LogP contribution in [0.5, 0.6) is 0 Å². The van der Waals surface area contributed by atoms with Gasteiger partial charge in [-0.15, -0.1) is 0 Å². The summed E-state index contributed by atoms with van der Waals surface area (Å²) in [6.45, 7) is 5.69. The fourth-order valence-corrected chi connectivity index (χ4v) is 2.38. The molecule has 0 unspecified atom stereocenters. The molecule has 1 aliphatic rings. The molecule has 82 valence electrons. The Morgan fingerprint density at radius 2 is 2.07 bits per heavy atom. The molecule has 0 radical (unpaired) electrons. The minimum Gasteiger partial charge on any atom is -0.393 e. The monoisotopic (exact) mass is 232 g/mol. The Balaban J connectivity index is 2.34. The summed E-state index contributed by atoms with van der Waals surface area (Å²) in [7, 11) is 0. The number of hydrogen-bond acceptors (Lipinski definition) is 3. The fraction of sp³-hybridized carbons (Fsp3) is 0.900. The number of piperidine rings is 1. The molecule has 1 fully saturated rings. The Bertz CT molecular complexity index is 198. The second kappa shape index (κ2) is 5.33. The average Bonchev–Trinajstić information content (AvgIpc) is 2.17. The number of nitrogens with two attached hydrogens (primary N) is 1. The molecular formula is C10H20N2S2. The smallest absolute Gasteiger partial charge is 0.0788 e. The normalized spacial score (nSPS) is 22.1. The number of nitrogens with zero attached hydrogens (tertiary/aromatic N) is 1. The maximum absolute atomic E-state index is 5.76. The first kappa shape index (κ1) is 12.3. The topological polar surface area (TPSA) is 29.3 Å². The number of likely N-dealkylation sites (tertiary alicyclic amines) is 1. The molecule has 0 amide bonds. The van der Waals surface area contributed by atoms with Crippen LogP contribution in [0.15, 0.2) is 0 Å². The number of thiocarbonyl (C=S) groups is 1. The zero-order valence-corrected chi connectivity index (χ0v) is 10.7. The molecule has 1 aliphatic heterocycles. The lowest BCUT2D eigenvalue weighted by Crippen LogP contribution is -2.45. The number of rotatable bonds is 4. The van der Waals surface area contributed by atoms with Crippen LogP contribution in [0.25, 0.3) is 0 Å². The molecule has 0 aliphatic carbocycles. The Morgan fingerprint density at radius 3 is 2.50 bits per heavy atom. The van der Waals surface area contributed by atoms with Gasteiger partial charge in [-0.2, -0.15) is 11.8 Å². The van der Waals surface area contributed by atoms with Gasteiger partial charge in [0.25, 0.3) is 0 Å². The van der Waals surface area contributed by atoms with Crippen molar-refractivity contribution in [3.05, 3.63) is 0 Å². The summed E-state index contributed by atoms with van der Waals surface area (Å²) < 4.78 is 0. The van der Waals surface area contributed by atoms with Gasteiger partial charge in [-0.05, 0) is 32.2 Å². The summed E-state index contributed by atoms with van der Waals surface area (Å²) >= 11 is 7.02. The first-order valence-corrected chi connectivity index (χ1v) is 6.90. The van der Waals surface area contributed by atoms with Crippen molar-refractivity contribution in [3.8, 4) is 0 Å². The molecule has 0 spiro atoms. The molecule has 14 heavy (non-hydrogen) atoms. The van der Waals surface area contributed by atoms with Crippen molar-refractivity contribution >= 4 is 29.0 Å². The molecular weight excluding hydrogens is 212 g/mol. The molecule has 0 aromatic heterocycles. The highest BCUT2D eigenvalue weighted by Gasteiger charge is 2.32. The van der Waals surface area contributed by atoms with E-state index < -0.39 is 0 Å². The van der Waals surface area contributed by atoms with Crippen molar-refractivity contribution in [1.82, 2.24) is 4.90 Å². The van der Waals surface area contributed by atoms with Crippen LogP contribution in [0.3, 0.4) is 0 Å². The van der Waals surface area contributed by atoms with Crippen LogP contribution in [0.1, 0.15) is 19.8 Å². The van der Waals surface area contributed by atoms with Gasteiger partial charge in [-0.25, -0.2) is 0 Å². The number of hydrogen-bond donors (Lipinski definition) is 1. The van der Waals surface area contributed by atoms with Crippen LogP contribution in [-0.2, 0) is 0 Å². The van der Waals surface area contributed by atoms with E-state index in [0.29, 0.717) is 4.99 Å². The molecule has 2 nitrogen and oxygen atoms in total. The van der Waals surface area contributed by atoms with E-state index in [9.17, 15) is 0 Å². The van der Waals surface area contributed by atoms with Crippen LogP contribution < -0.4 is 5.73 Å². The van der Waals surface area contributed by atoms with E-state index in [0.717, 1.165) is 25.9 Å². The van der Waals surface area contributed by atoms with Gasteiger partial charge in [-0.1, -0.05) is 19.1 Å². The fourth-order valence-electron chi connectivity index (χ4n) is 1.74. The van der Waals surface area contributed by atoms with Gasteiger partial charge in [0, 0.05) is 17.7 Å². The zero-order valence-electron chi connectivity index (χ0n) is 9.08. The van der Waals surface area contributed by atoms with Gasteiger partial charge in [-0.3, -0.25) is 0 Å². The third kappa shape index (κ3) is 3.11. The molecule has 2 N–H and O–H groups in total. The predicted octanol–water partition coefficient (Wildman–Crippen LogP) is 1.74. The summed E-state index contributed by atoms with van der Waals surface area (Å²) in [6, 6.07) is 0.